The van der Waals surface area contributed by atoms with E-state index in [2.05, 4.69) is 5.32 Å². The zero-order chi connectivity index (χ0) is 36.4. The molecule has 1 aromatic rings. The van der Waals surface area contributed by atoms with Crippen LogP contribution in [0.25, 0.3) is 0 Å². The first kappa shape index (κ1) is 41.2. The van der Waals surface area contributed by atoms with Crippen LogP contribution in [0.4, 0.5) is 0 Å². The van der Waals surface area contributed by atoms with Crippen molar-refractivity contribution in [2.75, 3.05) is 39.1 Å². The highest BCUT2D eigenvalue weighted by Gasteiger charge is 2.40. The van der Waals surface area contributed by atoms with Crippen LogP contribution in [0.5, 0.6) is 0 Å². The van der Waals surface area contributed by atoms with Crippen molar-refractivity contribution in [1.82, 2.24) is 9.62 Å². The van der Waals surface area contributed by atoms with Crippen LogP contribution in [0, 0.1) is 0 Å². The lowest BCUT2D eigenvalue weighted by Crippen LogP contribution is -2.43. The summed E-state index contributed by atoms with van der Waals surface area (Å²) in [5.41, 5.74) is 0.290. The van der Waals surface area contributed by atoms with E-state index < -0.39 is 85.7 Å². The number of hydrogen-bond donors (Lipinski definition) is 1. The van der Waals surface area contributed by atoms with Gasteiger partial charge in [0.25, 0.3) is 10.0 Å². The highest BCUT2D eigenvalue weighted by Crippen LogP contribution is 2.40. The molecule has 0 saturated heterocycles. The molecule has 2 rings (SSSR count). The molecular weight excluding hydrogens is 697 g/mol. The maximum atomic E-state index is 13.3. The Bertz CT molecular complexity index is 1540. The number of rotatable bonds is 19. The minimum atomic E-state index is -4.36. The van der Waals surface area contributed by atoms with Gasteiger partial charge in [-0.1, -0.05) is 13.8 Å². The second-order valence-electron chi connectivity index (χ2n) is 11.0. The summed E-state index contributed by atoms with van der Waals surface area (Å²) in [6.45, 7) is 9.38. The molecule has 1 aliphatic heterocycles. The Kier molecular flexibility index (Phi) is 15.6. The lowest BCUT2D eigenvalue weighted by atomic mass is 10.1. The number of fused-ring (bicyclic) bond motifs is 1. The summed E-state index contributed by atoms with van der Waals surface area (Å²) in [7, 11) is -6.87. The van der Waals surface area contributed by atoms with Gasteiger partial charge in [0.1, 0.15) is 14.2 Å². The number of nitrogens with zero attached hydrogens (tertiary/aromatic N) is 1. The van der Waals surface area contributed by atoms with Crippen LogP contribution in [-0.4, -0.2) is 114 Å². The maximum Gasteiger partial charge on any atom is 0.347 e. The number of Topliss-reactive ketones (excluding diaryl/α,β-unsaturated/α-hetero) is 1. The van der Waals surface area contributed by atoms with E-state index in [0.29, 0.717) is 37.3 Å². The van der Waals surface area contributed by atoms with E-state index in [1.807, 2.05) is 6.92 Å². The van der Waals surface area contributed by atoms with Gasteiger partial charge in [0.2, 0.25) is 0 Å². The van der Waals surface area contributed by atoms with Crippen LogP contribution in [0.15, 0.2) is 14.5 Å². The van der Waals surface area contributed by atoms with Crippen LogP contribution in [0.2, 0.25) is 0 Å². The first-order valence-corrected chi connectivity index (χ1v) is 19.2. The standard InChI is InChI=1S/C29H44N2O14S3/c1-8-11-24(33)42-18(4)26(34)44-20(6)28(36)45-19(5)27(35)43-17(3)23(32)16-47(37,38)25-14-21-22(30-9-2)15-31(12-10-13-41-7)48(39,40)29(21)46-25/h14,17-20,22,30H,8-13,15-16H2,1-7H3/t17-,18-,19-,20-,22-/m0/s1. The van der Waals surface area contributed by atoms with Crippen molar-refractivity contribution in [3.8, 4) is 0 Å². The van der Waals surface area contributed by atoms with Crippen LogP contribution < -0.4 is 5.32 Å². The topological polar surface area (TPSA) is 215 Å². The van der Waals surface area contributed by atoms with Gasteiger partial charge < -0.3 is 29.0 Å². The number of likely N-dealkylation sites (N-methyl/N-ethyl adjacent to an activating group) is 1. The van der Waals surface area contributed by atoms with Gasteiger partial charge in [-0.15, -0.1) is 11.3 Å². The fourth-order valence-electron chi connectivity index (χ4n) is 4.35. The van der Waals surface area contributed by atoms with Gasteiger partial charge in [-0.05, 0) is 53.1 Å². The SMILES string of the molecule is CCCC(=O)O[C@@H](C)C(=O)O[C@@H](C)C(=O)O[C@@H](C)C(=O)O[C@@H](C)C(=O)CS(=O)(=O)c1cc2c(s1)S(=O)(=O)N(CCCOC)C[C@@H]2NCC. The number of sulfonamides is 1. The average Bonchev–Trinajstić information content (AvgIpc) is 3.47. The maximum absolute atomic E-state index is 13.3. The average molecular weight is 741 g/mol. The van der Waals surface area contributed by atoms with Crippen LogP contribution in [-0.2, 0) is 67.5 Å². The Morgan fingerprint density at radius 2 is 1.48 bits per heavy atom. The van der Waals surface area contributed by atoms with Crippen molar-refractivity contribution in [2.45, 2.75) is 99.7 Å². The van der Waals surface area contributed by atoms with Gasteiger partial charge in [0.15, 0.2) is 40.0 Å². The normalized spacial score (nSPS) is 18.4. The molecule has 0 amide bonds. The van der Waals surface area contributed by atoms with Gasteiger partial charge in [0.05, 0.1) is 0 Å². The molecule has 2 heterocycles. The van der Waals surface area contributed by atoms with E-state index in [-0.39, 0.29) is 33.5 Å². The summed E-state index contributed by atoms with van der Waals surface area (Å²) in [6.07, 6.45) is -4.90. The van der Waals surface area contributed by atoms with Gasteiger partial charge in [-0.3, -0.25) is 9.59 Å². The monoisotopic (exact) mass is 740 g/mol. The summed E-state index contributed by atoms with van der Waals surface area (Å²) in [4.78, 5) is 61.5. The Morgan fingerprint density at radius 1 is 0.938 bits per heavy atom. The number of carbonyl (C=O) groups is 5. The van der Waals surface area contributed by atoms with E-state index in [4.69, 9.17) is 23.7 Å². The van der Waals surface area contributed by atoms with Gasteiger partial charge >= 0.3 is 23.9 Å². The van der Waals surface area contributed by atoms with Crippen molar-refractivity contribution >= 4 is 60.9 Å². The molecule has 1 aromatic heterocycles. The predicted molar refractivity (Wildman–Crippen MR) is 170 cm³/mol. The van der Waals surface area contributed by atoms with E-state index in [1.165, 1.54) is 31.3 Å². The van der Waals surface area contributed by atoms with Crippen molar-refractivity contribution in [3.63, 3.8) is 0 Å². The minimum Gasteiger partial charge on any atom is -0.452 e. The number of thiophene rings is 1. The molecule has 1 N–H and O–H groups in total. The number of methoxy groups -OCH3 is 1. The largest absolute Gasteiger partial charge is 0.452 e. The molecular formula is C29H44N2O14S3. The van der Waals surface area contributed by atoms with Crippen molar-refractivity contribution in [1.29, 1.82) is 0 Å². The zero-order valence-electron chi connectivity index (χ0n) is 28.0. The van der Waals surface area contributed by atoms with E-state index in [1.54, 1.807) is 6.92 Å². The Morgan fingerprint density at radius 3 is 2.00 bits per heavy atom. The molecule has 0 spiro atoms. The summed E-state index contributed by atoms with van der Waals surface area (Å²) < 4.78 is 78.8. The number of carbonyl (C=O) groups excluding carboxylic acids is 5. The number of ether oxygens (including phenoxy) is 5. The van der Waals surface area contributed by atoms with E-state index in [0.717, 1.165) is 13.8 Å². The predicted octanol–water partition coefficient (Wildman–Crippen LogP) is 1.31. The molecule has 272 valence electrons. The zero-order valence-corrected chi connectivity index (χ0v) is 30.5. The third-order valence-corrected chi connectivity index (χ3v) is 12.7. The smallest absolute Gasteiger partial charge is 0.347 e. The summed E-state index contributed by atoms with van der Waals surface area (Å²) in [5, 5.41) is 3.17. The van der Waals surface area contributed by atoms with Crippen molar-refractivity contribution in [3.05, 3.63) is 11.6 Å². The van der Waals surface area contributed by atoms with Crippen molar-refractivity contribution < 1.29 is 64.5 Å². The summed E-state index contributed by atoms with van der Waals surface area (Å²) in [5.74, 6) is -6.04. The number of esters is 4. The van der Waals surface area contributed by atoms with E-state index in [9.17, 15) is 40.8 Å². The number of sulfone groups is 1. The molecule has 48 heavy (non-hydrogen) atoms. The Labute approximate surface area is 284 Å². The molecule has 0 unspecified atom stereocenters. The van der Waals surface area contributed by atoms with Gasteiger partial charge in [0, 0.05) is 44.8 Å². The third kappa shape index (κ3) is 11.0. The molecule has 0 radical (unpaired) electrons. The second kappa shape index (κ2) is 18.1. The first-order valence-electron chi connectivity index (χ1n) is 15.3. The van der Waals surface area contributed by atoms with Crippen LogP contribution >= 0.6 is 11.3 Å². The summed E-state index contributed by atoms with van der Waals surface area (Å²) >= 11 is 0.548. The number of nitrogens with one attached hydrogen (secondary N) is 1. The molecule has 1 aliphatic rings. The van der Waals surface area contributed by atoms with Gasteiger partial charge in [-0.25, -0.2) is 31.2 Å². The molecule has 0 bridgehead atoms. The lowest BCUT2D eigenvalue weighted by Gasteiger charge is -2.32. The fraction of sp³-hybridized carbons (Fsp3) is 0.690. The third-order valence-electron chi connectivity index (χ3n) is 6.97. The number of ketones is 1. The Hall–Kier alpha value is -2.97. The molecule has 16 nitrogen and oxygen atoms in total. The number of hydrogen-bond acceptors (Lipinski definition) is 16. The molecule has 19 heteroatoms. The lowest BCUT2D eigenvalue weighted by molar-refractivity contribution is -0.183. The highest BCUT2D eigenvalue weighted by atomic mass is 32.3. The second-order valence-corrected chi connectivity index (χ2v) is 16.4. The summed E-state index contributed by atoms with van der Waals surface area (Å²) in [6, 6.07) is 0.774. The fourth-order valence-corrected chi connectivity index (χ4v) is 9.65. The molecule has 0 fully saturated rings. The van der Waals surface area contributed by atoms with E-state index >= 15 is 0 Å². The van der Waals surface area contributed by atoms with Crippen molar-refractivity contribution in [2.24, 2.45) is 0 Å². The Balaban J connectivity index is 2.04. The van der Waals surface area contributed by atoms with Crippen LogP contribution in [0.3, 0.4) is 0 Å². The van der Waals surface area contributed by atoms with Gasteiger partial charge in [-0.2, -0.15) is 4.31 Å². The first-order chi connectivity index (χ1) is 22.4. The molecule has 0 aromatic carbocycles. The molecule has 5 atom stereocenters. The van der Waals surface area contributed by atoms with Crippen LogP contribution in [0.1, 0.15) is 72.4 Å². The quantitative estimate of drug-likeness (QED) is 0.120. The molecule has 0 aliphatic carbocycles. The molecule has 0 saturated carbocycles. The highest BCUT2D eigenvalue weighted by molar-refractivity contribution is 7.95. The minimum absolute atomic E-state index is 0.0899.